The number of hydrogen-bond donors (Lipinski definition) is 1. The topological polar surface area (TPSA) is 49.4 Å². The molecule has 0 bridgehead atoms. The van der Waals surface area contributed by atoms with E-state index in [0.717, 1.165) is 44.0 Å². The van der Waals surface area contributed by atoms with E-state index in [1.807, 2.05) is 12.1 Å². The fourth-order valence-corrected chi connectivity index (χ4v) is 13.1. The van der Waals surface area contributed by atoms with Gasteiger partial charge in [0, 0.05) is 44.6 Å². The third kappa shape index (κ3) is 5.05. The fourth-order valence-electron chi connectivity index (χ4n) is 13.1. The number of halogens is 2. The van der Waals surface area contributed by atoms with Crippen molar-refractivity contribution >= 4 is 17.8 Å². The standard InChI is InChI=1S/C40H56F2N2O2/c1-36(2)30(28-9-7-27(26-45)8-10-28)13-17-38(4)33(36)15-18-37(3)31-14-19-39(16-5-6-32(39)29(31)11-12-34(37)38)35(46)43-22-25-44-23-20-40(41,42)21-24-44/h7-10,13,26,29,31-34H,5-6,11-12,14-25H2,1-4H3,(H,43,46). The Labute approximate surface area is 275 Å². The number of carbonyl (C=O) groups is 2. The van der Waals surface area contributed by atoms with Crippen LogP contribution in [-0.4, -0.2) is 49.2 Å². The van der Waals surface area contributed by atoms with Gasteiger partial charge in [-0.1, -0.05) is 64.5 Å². The first-order valence-corrected chi connectivity index (χ1v) is 18.5. The van der Waals surface area contributed by atoms with Gasteiger partial charge in [-0.05, 0) is 115 Å². The van der Waals surface area contributed by atoms with Crippen molar-refractivity contribution < 1.29 is 18.4 Å². The number of rotatable bonds is 6. The zero-order valence-corrected chi connectivity index (χ0v) is 28.7. The molecule has 4 saturated carbocycles. The molecule has 1 amide bonds. The molecule has 5 aliphatic carbocycles. The van der Waals surface area contributed by atoms with E-state index in [9.17, 15) is 18.4 Å². The number of allylic oxidation sites excluding steroid dienone is 2. The smallest absolute Gasteiger partial charge is 0.250 e. The van der Waals surface area contributed by atoms with E-state index in [1.165, 1.54) is 43.2 Å². The van der Waals surface area contributed by atoms with E-state index in [-0.39, 0.29) is 35.0 Å². The van der Waals surface area contributed by atoms with Gasteiger partial charge in [0.1, 0.15) is 6.29 Å². The van der Waals surface area contributed by atoms with Crippen molar-refractivity contribution in [2.24, 2.45) is 51.2 Å². The number of aldehydes is 1. The van der Waals surface area contributed by atoms with Gasteiger partial charge in [-0.3, -0.25) is 9.59 Å². The van der Waals surface area contributed by atoms with Crippen molar-refractivity contribution in [3.05, 3.63) is 41.5 Å². The highest BCUT2D eigenvalue weighted by Crippen LogP contribution is 2.73. The summed E-state index contributed by atoms with van der Waals surface area (Å²) in [5.74, 6) is 0.831. The molecular weight excluding hydrogens is 578 g/mol. The number of alkyl halides is 2. The van der Waals surface area contributed by atoms with E-state index in [4.69, 9.17) is 0 Å². The molecule has 46 heavy (non-hydrogen) atoms. The fraction of sp³-hybridized carbons (Fsp3) is 0.750. The van der Waals surface area contributed by atoms with Crippen molar-refractivity contribution in [1.82, 2.24) is 10.2 Å². The zero-order valence-electron chi connectivity index (χ0n) is 28.7. The summed E-state index contributed by atoms with van der Waals surface area (Å²) in [5, 5.41) is 3.33. The van der Waals surface area contributed by atoms with E-state index >= 15 is 0 Å². The Balaban J connectivity index is 1.06. The Hall–Kier alpha value is -2.08. The van der Waals surface area contributed by atoms with E-state index in [1.54, 1.807) is 0 Å². The monoisotopic (exact) mass is 634 g/mol. The molecule has 6 heteroatoms. The normalized spacial score (nSPS) is 41.3. The average molecular weight is 635 g/mol. The molecule has 1 saturated heterocycles. The third-order valence-corrected chi connectivity index (χ3v) is 15.2. The molecule has 6 aliphatic rings. The van der Waals surface area contributed by atoms with Gasteiger partial charge in [-0.2, -0.15) is 0 Å². The molecular formula is C40H56F2N2O2. The van der Waals surface area contributed by atoms with Crippen LogP contribution in [0.25, 0.3) is 5.57 Å². The summed E-state index contributed by atoms with van der Waals surface area (Å²) >= 11 is 0. The average Bonchev–Trinajstić information content (AvgIpc) is 3.48. The number of nitrogens with one attached hydrogen (secondary N) is 1. The molecule has 8 atom stereocenters. The molecule has 4 nitrogen and oxygen atoms in total. The second-order valence-corrected chi connectivity index (χ2v) is 17.4. The first-order valence-electron chi connectivity index (χ1n) is 18.5. The summed E-state index contributed by atoms with van der Waals surface area (Å²) in [6, 6.07) is 8.19. The highest BCUT2D eigenvalue weighted by atomic mass is 19.3. The lowest BCUT2D eigenvalue weighted by molar-refractivity contribution is -0.181. The van der Waals surface area contributed by atoms with Gasteiger partial charge in [0.2, 0.25) is 5.91 Å². The Morgan fingerprint density at radius 1 is 0.870 bits per heavy atom. The number of fused-ring (bicyclic) bond motifs is 7. The van der Waals surface area contributed by atoms with E-state index in [2.05, 4.69) is 56.1 Å². The second kappa shape index (κ2) is 11.5. The number of piperidine rings is 1. The first kappa shape index (κ1) is 32.5. The third-order valence-electron chi connectivity index (χ3n) is 15.2. The van der Waals surface area contributed by atoms with Gasteiger partial charge in [-0.15, -0.1) is 0 Å². The summed E-state index contributed by atoms with van der Waals surface area (Å²) < 4.78 is 27.2. The van der Waals surface area contributed by atoms with E-state index in [0.29, 0.717) is 61.2 Å². The van der Waals surface area contributed by atoms with Crippen LogP contribution in [0.15, 0.2) is 30.3 Å². The van der Waals surface area contributed by atoms with Crippen LogP contribution in [0.3, 0.4) is 0 Å². The maximum absolute atomic E-state index is 14.0. The second-order valence-electron chi connectivity index (χ2n) is 17.4. The van der Waals surface area contributed by atoms with Crippen LogP contribution < -0.4 is 5.32 Å². The highest BCUT2D eigenvalue weighted by molar-refractivity contribution is 5.83. The SMILES string of the molecule is CC1(C)C(c2ccc(C=O)cc2)=CCC2(C)C1CCC1(C)C3CCC4(C(=O)NCCN5CCC(F)(F)CC5)CCCC4C3CCC12. The molecule has 0 spiro atoms. The summed E-state index contributed by atoms with van der Waals surface area (Å²) in [6.45, 7) is 12.3. The van der Waals surface area contributed by atoms with Gasteiger partial charge < -0.3 is 10.2 Å². The van der Waals surface area contributed by atoms with Gasteiger partial charge in [-0.25, -0.2) is 8.78 Å². The van der Waals surface area contributed by atoms with Crippen molar-refractivity contribution in [2.45, 2.75) is 111 Å². The number of hydrogen-bond acceptors (Lipinski definition) is 3. The number of benzene rings is 1. The molecule has 1 aromatic rings. The lowest BCUT2D eigenvalue weighted by Crippen LogP contribution is -2.62. The highest BCUT2D eigenvalue weighted by Gasteiger charge is 2.66. The summed E-state index contributed by atoms with van der Waals surface area (Å²) in [5.41, 5.74) is 3.84. The molecule has 8 unspecified atom stereocenters. The van der Waals surface area contributed by atoms with Crippen LogP contribution in [0.5, 0.6) is 0 Å². The van der Waals surface area contributed by atoms with Crippen molar-refractivity contribution in [1.29, 1.82) is 0 Å². The van der Waals surface area contributed by atoms with Crippen molar-refractivity contribution in [3.8, 4) is 0 Å². The Bertz CT molecular complexity index is 1360. The van der Waals surface area contributed by atoms with Crippen LogP contribution in [0.2, 0.25) is 0 Å². The molecule has 1 aromatic carbocycles. The minimum atomic E-state index is -2.53. The Morgan fingerprint density at radius 2 is 1.61 bits per heavy atom. The summed E-state index contributed by atoms with van der Waals surface area (Å²) in [7, 11) is 0. The molecule has 0 aromatic heterocycles. The molecule has 252 valence electrons. The minimum Gasteiger partial charge on any atom is -0.354 e. The van der Waals surface area contributed by atoms with Gasteiger partial charge in [0.15, 0.2) is 0 Å². The number of likely N-dealkylation sites (tertiary alicyclic amines) is 1. The molecule has 7 rings (SSSR count). The molecule has 0 radical (unpaired) electrons. The lowest BCUT2D eigenvalue weighted by Gasteiger charge is -2.68. The number of amides is 1. The lowest BCUT2D eigenvalue weighted by atomic mass is 9.36. The predicted molar refractivity (Wildman–Crippen MR) is 179 cm³/mol. The van der Waals surface area contributed by atoms with Crippen LogP contribution in [0.4, 0.5) is 8.78 Å². The molecule has 1 N–H and O–H groups in total. The van der Waals surface area contributed by atoms with Crippen LogP contribution in [0.1, 0.15) is 121 Å². The molecule has 1 heterocycles. The largest absolute Gasteiger partial charge is 0.354 e. The number of carbonyl (C=O) groups excluding carboxylic acids is 2. The Kier molecular flexibility index (Phi) is 8.13. The van der Waals surface area contributed by atoms with Crippen LogP contribution >= 0.6 is 0 Å². The zero-order chi connectivity index (χ0) is 32.5. The maximum atomic E-state index is 14.0. The van der Waals surface area contributed by atoms with Crippen molar-refractivity contribution in [3.63, 3.8) is 0 Å². The van der Waals surface area contributed by atoms with Crippen molar-refractivity contribution in [2.75, 3.05) is 26.2 Å². The van der Waals surface area contributed by atoms with Gasteiger partial charge in [0.25, 0.3) is 5.92 Å². The van der Waals surface area contributed by atoms with Gasteiger partial charge >= 0.3 is 0 Å². The Morgan fingerprint density at radius 3 is 2.33 bits per heavy atom. The summed E-state index contributed by atoms with van der Waals surface area (Å²) in [4.78, 5) is 27.4. The van der Waals surface area contributed by atoms with E-state index < -0.39 is 5.92 Å². The van der Waals surface area contributed by atoms with Crippen LogP contribution in [-0.2, 0) is 4.79 Å². The van der Waals surface area contributed by atoms with Gasteiger partial charge in [0.05, 0.1) is 5.41 Å². The molecule has 5 fully saturated rings. The van der Waals surface area contributed by atoms with Crippen LogP contribution in [0, 0.1) is 51.2 Å². The first-order chi connectivity index (χ1) is 21.8. The quantitative estimate of drug-likeness (QED) is 0.318. The summed E-state index contributed by atoms with van der Waals surface area (Å²) in [6.07, 6.45) is 15.0. The predicted octanol–water partition coefficient (Wildman–Crippen LogP) is 8.81. The molecule has 1 aliphatic heterocycles. The maximum Gasteiger partial charge on any atom is 0.250 e. The number of nitrogens with zero attached hydrogens (tertiary/aromatic N) is 1. The minimum absolute atomic E-state index is 0.0637.